The molecule has 0 radical (unpaired) electrons. The van der Waals surface area contributed by atoms with E-state index in [-0.39, 0.29) is 24.1 Å². The molecule has 10 heteroatoms. The smallest absolute Gasteiger partial charge is 0.247 e. The minimum Gasteiger partial charge on any atom is -0.421 e. The van der Waals surface area contributed by atoms with Crippen molar-refractivity contribution in [1.29, 1.82) is 0 Å². The van der Waals surface area contributed by atoms with Gasteiger partial charge in [0.05, 0.1) is 11.4 Å². The van der Waals surface area contributed by atoms with Gasteiger partial charge in [0.15, 0.2) is 0 Å². The van der Waals surface area contributed by atoms with E-state index in [1.807, 2.05) is 25.1 Å². The molecule has 1 N–H and O–H groups in total. The van der Waals surface area contributed by atoms with Gasteiger partial charge in [-0.25, -0.2) is 4.39 Å². The molecule has 40 heavy (non-hydrogen) atoms. The zero-order valence-electron chi connectivity index (χ0n) is 22.2. The van der Waals surface area contributed by atoms with E-state index in [1.165, 1.54) is 0 Å². The number of imide groups is 1. The Balaban J connectivity index is 1.10. The van der Waals surface area contributed by atoms with Crippen LogP contribution in [0, 0.1) is 12.7 Å². The topological polar surface area (TPSA) is 114 Å². The van der Waals surface area contributed by atoms with Crippen LogP contribution in [0.5, 0.6) is 0 Å². The first-order chi connectivity index (χ1) is 19.2. The number of amides is 2. The maximum absolute atomic E-state index is 16.1. The first kappa shape index (κ1) is 25.0. The second-order valence-corrected chi connectivity index (χ2v) is 11.2. The van der Waals surface area contributed by atoms with Crippen LogP contribution < -0.4 is 5.32 Å². The van der Waals surface area contributed by atoms with E-state index in [2.05, 4.69) is 37.5 Å². The molecule has 3 aliphatic rings. The number of benzene rings is 2. The number of carbonyl (C=O) groups excluding carboxylic acids is 2. The van der Waals surface area contributed by atoms with Crippen LogP contribution in [0.25, 0.3) is 22.4 Å². The molecule has 3 atom stereocenters. The molecule has 3 aliphatic heterocycles. The maximum atomic E-state index is 16.1. The highest BCUT2D eigenvalue weighted by Crippen LogP contribution is 2.61. The van der Waals surface area contributed by atoms with Gasteiger partial charge in [0.1, 0.15) is 17.0 Å². The molecule has 3 unspecified atom stereocenters. The van der Waals surface area contributed by atoms with Crippen LogP contribution in [-0.2, 0) is 26.5 Å². The Morgan fingerprint density at radius 3 is 2.70 bits per heavy atom. The van der Waals surface area contributed by atoms with Gasteiger partial charge in [-0.1, -0.05) is 18.2 Å². The highest BCUT2D eigenvalue weighted by Gasteiger charge is 2.70. The highest BCUT2D eigenvalue weighted by molar-refractivity contribution is 6.01. The lowest BCUT2D eigenvalue weighted by molar-refractivity contribution is -0.134. The van der Waals surface area contributed by atoms with Crippen molar-refractivity contribution in [3.05, 3.63) is 77.1 Å². The second kappa shape index (κ2) is 9.00. The summed E-state index contributed by atoms with van der Waals surface area (Å²) in [5, 5.41) is 10.7. The third kappa shape index (κ3) is 4.01. The van der Waals surface area contributed by atoms with E-state index in [0.29, 0.717) is 53.2 Å². The largest absolute Gasteiger partial charge is 0.421 e. The monoisotopic (exact) mass is 541 g/mol. The summed E-state index contributed by atoms with van der Waals surface area (Å²) < 4.78 is 28.0. The van der Waals surface area contributed by atoms with Crippen molar-refractivity contribution in [1.82, 2.24) is 25.4 Å². The third-order valence-corrected chi connectivity index (χ3v) is 8.55. The number of pyridine rings is 1. The Kier molecular flexibility index (Phi) is 5.62. The van der Waals surface area contributed by atoms with Crippen LogP contribution in [0.3, 0.4) is 0 Å². The first-order valence-electron chi connectivity index (χ1n) is 13.5. The number of epoxide rings is 1. The van der Waals surface area contributed by atoms with Gasteiger partial charge in [0.25, 0.3) is 0 Å². The fourth-order valence-electron chi connectivity index (χ4n) is 6.38. The molecule has 3 fully saturated rings. The summed E-state index contributed by atoms with van der Waals surface area (Å²) >= 11 is 0. The summed E-state index contributed by atoms with van der Waals surface area (Å²) in [5.41, 5.74) is 2.47. The summed E-state index contributed by atoms with van der Waals surface area (Å²) in [6.45, 7) is 5.98. The van der Waals surface area contributed by atoms with Crippen LogP contribution in [0.1, 0.15) is 54.7 Å². The number of halogens is 1. The molecule has 5 heterocycles. The lowest BCUT2D eigenvalue weighted by atomic mass is 9.80. The normalized spacial score (nSPS) is 26.5. The Hall–Kier alpha value is -4.02. The Bertz CT molecular complexity index is 1670. The van der Waals surface area contributed by atoms with E-state index in [9.17, 15) is 9.59 Å². The molecule has 0 saturated carbocycles. The summed E-state index contributed by atoms with van der Waals surface area (Å²) in [7, 11) is 0. The molecule has 204 valence electrons. The van der Waals surface area contributed by atoms with Gasteiger partial charge in [-0.05, 0) is 55.2 Å². The minimum absolute atomic E-state index is 0.255. The van der Waals surface area contributed by atoms with Crippen molar-refractivity contribution in [3.63, 3.8) is 0 Å². The zero-order chi connectivity index (χ0) is 27.6. The fraction of sp³-hybridized carbons (Fsp3) is 0.367. The average molecular weight is 542 g/mol. The Morgan fingerprint density at radius 2 is 1.98 bits per heavy atom. The average Bonchev–Trinajstić information content (AvgIpc) is 3.34. The van der Waals surface area contributed by atoms with Crippen LogP contribution in [0.4, 0.5) is 4.39 Å². The SMILES string of the molecule is Cc1nnc(-c2ccc(CN3CCC4(c5ccc6ncc(C7CCC(=O)NC7=O)cc6c5F)OC4(C)C3)cc2)o1. The molecule has 0 bridgehead atoms. The van der Waals surface area contributed by atoms with Crippen LogP contribution in [-0.4, -0.2) is 50.6 Å². The molecule has 7 rings (SSSR count). The van der Waals surface area contributed by atoms with Crippen molar-refractivity contribution in [2.75, 3.05) is 13.1 Å². The predicted molar refractivity (Wildman–Crippen MR) is 142 cm³/mol. The van der Waals surface area contributed by atoms with Crippen molar-refractivity contribution >= 4 is 22.7 Å². The summed E-state index contributed by atoms with van der Waals surface area (Å²) in [5.74, 6) is -0.493. The lowest BCUT2D eigenvalue weighted by Crippen LogP contribution is -2.44. The van der Waals surface area contributed by atoms with Crippen molar-refractivity contribution in [2.45, 2.75) is 56.8 Å². The fourth-order valence-corrected chi connectivity index (χ4v) is 6.38. The molecule has 0 aliphatic carbocycles. The number of nitrogens with zero attached hydrogens (tertiary/aromatic N) is 4. The third-order valence-electron chi connectivity index (χ3n) is 8.55. The van der Waals surface area contributed by atoms with E-state index in [4.69, 9.17) is 9.15 Å². The summed E-state index contributed by atoms with van der Waals surface area (Å²) in [6, 6.07) is 13.4. The molecular weight excluding hydrogens is 513 g/mol. The highest BCUT2D eigenvalue weighted by atomic mass is 19.1. The van der Waals surface area contributed by atoms with E-state index in [0.717, 1.165) is 24.2 Å². The van der Waals surface area contributed by atoms with E-state index in [1.54, 1.807) is 25.3 Å². The van der Waals surface area contributed by atoms with Crippen LogP contribution >= 0.6 is 0 Å². The lowest BCUT2D eigenvalue weighted by Gasteiger charge is -2.33. The van der Waals surface area contributed by atoms with Gasteiger partial charge in [-0.15, -0.1) is 10.2 Å². The van der Waals surface area contributed by atoms with Crippen molar-refractivity contribution < 1.29 is 23.1 Å². The molecule has 9 nitrogen and oxygen atoms in total. The summed E-state index contributed by atoms with van der Waals surface area (Å²) in [4.78, 5) is 30.7. The maximum Gasteiger partial charge on any atom is 0.247 e. The molecule has 0 spiro atoms. The number of nitrogens with one attached hydrogen (secondary N) is 1. The number of carbonyl (C=O) groups is 2. The number of hydrogen-bond donors (Lipinski definition) is 1. The zero-order valence-corrected chi connectivity index (χ0v) is 22.2. The van der Waals surface area contributed by atoms with Gasteiger partial charge < -0.3 is 9.15 Å². The predicted octanol–water partition coefficient (Wildman–Crippen LogP) is 4.14. The number of rotatable bonds is 5. The number of ether oxygens (including phenoxy) is 1. The van der Waals surface area contributed by atoms with Gasteiger partial charge in [0, 0.05) is 55.7 Å². The number of hydrogen-bond acceptors (Lipinski definition) is 8. The first-order valence-corrected chi connectivity index (χ1v) is 13.5. The number of fused-ring (bicyclic) bond motifs is 2. The Labute approximate surface area is 229 Å². The molecule has 2 aromatic heterocycles. The standard InChI is InChI=1S/C30H28FN5O4/c1-17-34-35-28(39-17)19-5-3-18(4-6-19)15-36-12-11-30(29(2,16-36)40-30)23-8-9-24-22(26(23)31)13-20(14-32-24)21-7-10-25(37)33-27(21)38/h3-6,8-9,13-14,21H,7,10-12,15-16H2,1-2H3,(H,33,37,38). The van der Waals surface area contributed by atoms with Gasteiger partial charge in [0.2, 0.25) is 23.6 Å². The number of aryl methyl sites for hydroxylation is 1. The molecule has 2 amide bonds. The Morgan fingerprint density at radius 1 is 1.15 bits per heavy atom. The van der Waals surface area contributed by atoms with Gasteiger partial charge in [-0.3, -0.25) is 24.8 Å². The molecule has 3 saturated heterocycles. The second-order valence-electron chi connectivity index (χ2n) is 11.2. The van der Waals surface area contributed by atoms with Gasteiger partial charge in [-0.2, -0.15) is 0 Å². The van der Waals surface area contributed by atoms with E-state index < -0.39 is 17.1 Å². The number of aromatic nitrogens is 3. The molecule has 2 aromatic carbocycles. The number of likely N-dealkylation sites (tertiary alicyclic amines) is 1. The van der Waals surface area contributed by atoms with E-state index >= 15 is 4.39 Å². The molecular formula is C30H28FN5O4. The summed E-state index contributed by atoms with van der Waals surface area (Å²) in [6.07, 6.45) is 2.90. The quantitative estimate of drug-likeness (QED) is 0.296. The number of piperidine rings is 2. The van der Waals surface area contributed by atoms with Crippen LogP contribution in [0.2, 0.25) is 0 Å². The van der Waals surface area contributed by atoms with Crippen LogP contribution in [0.15, 0.2) is 53.1 Å². The minimum atomic E-state index is -0.702. The van der Waals surface area contributed by atoms with Crippen molar-refractivity contribution in [3.8, 4) is 11.5 Å². The molecule has 4 aromatic rings. The van der Waals surface area contributed by atoms with Gasteiger partial charge >= 0.3 is 0 Å². The van der Waals surface area contributed by atoms with Crippen molar-refractivity contribution in [2.24, 2.45) is 0 Å².